The van der Waals surface area contributed by atoms with Gasteiger partial charge in [-0.15, -0.1) is 0 Å². The summed E-state index contributed by atoms with van der Waals surface area (Å²) in [6, 6.07) is 14.2. The number of aryl methyl sites for hydroxylation is 1. The standard InChI is InChI=1S/C30H29F3N4O2/c1-18-7-10-23(15-24(18)20-8-11-26-21(13-20)16-35-29(34-2)37-26)36-28(38)25-14-22(30(31,32)33)9-12-27(25)39-17-19-5-3-4-6-19/h7-16,19H,3-6,17H2,1-2H3,(H,36,38)(H,34,35,37). The molecule has 1 fully saturated rings. The predicted molar refractivity (Wildman–Crippen MR) is 146 cm³/mol. The zero-order chi connectivity index (χ0) is 27.6. The zero-order valence-corrected chi connectivity index (χ0v) is 21.7. The maximum absolute atomic E-state index is 13.5. The molecule has 9 heteroatoms. The van der Waals surface area contributed by atoms with Gasteiger partial charge < -0.3 is 15.4 Å². The van der Waals surface area contributed by atoms with E-state index in [0.717, 1.165) is 65.4 Å². The van der Waals surface area contributed by atoms with E-state index in [1.807, 2.05) is 37.3 Å². The monoisotopic (exact) mass is 534 g/mol. The third-order valence-electron chi connectivity index (χ3n) is 7.11. The molecule has 0 atom stereocenters. The SMILES string of the molecule is CNc1ncc2cc(-c3cc(NC(=O)c4cc(C(F)(F)F)ccc4OCC4CCCC4)ccc3C)ccc2n1. The van der Waals surface area contributed by atoms with Crippen LogP contribution in [-0.4, -0.2) is 29.5 Å². The Bertz CT molecular complexity index is 1510. The molecule has 4 aromatic rings. The van der Waals surface area contributed by atoms with Gasteiger partial charge >= 0.3 is 6.18 Å². The number of carbonyl (C=O) groups excluding carboxylic acids is 1. The van der Waals surface area contributed by atoms with E-state index in [4.69, 9.17) is 4.74 Å². The molecule has 1 amide bonds. The summed E-state index contributed by atoms with van der Waals surface area (Å²) in [5.41, 5.74) is 2.94. The maximum atomic E-state index is 13.5. The van der Waals surface area contributed by atoms with Crippen LogP contribution in [0.4, 0.5) is 24.8 Å². The fourth-order valence-corrected chi connectivity index (χ4v) is 4.92. The van der Waals surface area contributed by atoms with E-state index >= 15 is 0 Å². The van der Waals surface area contributed by atoms with Crippen LogP contribution >= 0.6 is 0 Å². The van der Waals surface area contributed by atoms with Crippen molar-refractivity contribution in [1.29, 1.82) is 0 Å². The molecule has 1 saturated carbocycles. The van der Waals surface area contributed by atoms with Crippen LogP contribution in [0, 0.1) is 12.8 Å². The minimum absolute atomic E-state index is 0.145. The normalized spacial score (nSPS) is 14.0. The third-order valence-corrected chi connectivity index (χ3v) is 7.11. The van der Waals surface area contributed by atoms with E-state index in [2.05, 4.69) is 20.6 Å². The number of fused-ring (bicyclic) bond motifs is 1. The molecular weight excluding hydrogens is 505 g/mol. The number of aromatic nitrogens is 2. The summed E-state index contributed by atoms with van der Waals surface area (Å²) in [4.78, 5) is 22.0. The van der Waals surface area contributed by atoms with Gasteiger partial charge in [-0.2, -0.15) is 13.2 Å². The first kappa shape index (κ1) is 26.5. The van der Waals surface area contributed by atoms with Gasteiger partial charge in [-0.25, -0.2) is 9.97 Å². The summed E-state index contributed by atoms with van der Waals surface area (Å²) < 4.78 is 46.3. The number of hydrogen-bond acceptors (Lipinski definition) is 5. The van der Waals surface area contributed by atoms with Crippen molar-refractivity contribution in [2.75, 3.05) is 24.3 Å². The number of amides is 1. The van der Waals surface area contributed by atoms with E-state index in [0.29, 0.717) is 24.2 Å². The van der Waals surface area contributed by atoms with Gasteiger partial charge in [0, 0.05) is 24.3 Å². The predicted octanol–water partition coefficient (Wildman–Crippen LogP) is 7.49. The molecule has 1 heterocycles. The second kappa shape index (κ2) is 10.9. The van der Waals surface area contributed by atoms with E-state index < -0.39 is 17.6 Å². The van der Waals surface area contributed by atoms with Gasteiger partial charge in [0.05, 0.1) is 23.3 Å². The van der Waals surface area contributed by atoms with Crippen molar-refractivity contribution < 1.29 is 22.7 Å². The minimum Gasteiger partial charge on any atom is -0.492 e. The Morgan fingerprint density at radius 1 is 1.05 bits per heavy atom. The highest BCUT2D eigenvalue weighted by Gasteiger charge is 2.32. The van der Waals surface area contributed by atoms with Gasteiger partial charge in [-0.05, 0) is 84.8 Å². The lowest BCUT2D eigenvalue weighted by molar-refractivity contribution is -0.137. The molecule has 0 unspecified atom stereocenters. The average molecular weight is 535 g/mol. The molecule has 1 aliphatic rings. The van der Waals surface area contributed by atoms with Crippen LogP contribution in [-0.2, 0) is 6.18 Å². The number of nitrogens with one attached hydrogen (secondary N) is 2. The van der Waals surface area contributed by atoms with Gasteiger partial charge in [-0.3, -0.25) is 4.79 Å². The van der Waals surface area contributed by atoms with Gasteiger partial charge in [0.25, 0.3) is 5.91 Å². The Kier molecular flexibility index (Phi) is 7.41. The molecule has 5 rings (SSSR count). The van der Waals surface area contributed by atoms with Crippen molar-refractivity contribution >= 4 is 28.4 Å². The number of ether oxygens (including phenoxy) is 1. The number of rotatable bonds is 7. The lowest BCUT2D eigenvalue weighted by Gasteiger charge is -2.17. The Morgan fingerprint density at radius 2 is 1.85 bits per heavy atom. The smallest absolute Gasteiger partial charge is 0.416 e. The molecule has 0 radical (unpaired) electrons. The number of anilines is 2. The van der Waals surface area contributed by atoms with Crippen LogP contribution < -0.4 is 15.4 Å². The summed E-state index contributed by atoms with van der Waals surface area (Å²) in [6.07, 6.45) is 1.43. The van der Waals surface area contributed by atoms with Crippen LogP contribution in [0.25, 0.3) is 22.0 Å². The van der Waals surface area contributed by atoms with Gasteiger partial charge in [0.15, 0.2) is 0 Å². The number of halogens is 3. The van der Waals surface area contributed by atoms with Crippen LogP contribution in [0.15, 0.2) is 60.8 Å². The van der Waals surface area contributed by atoms with E-state index in [9.17, 15) is 18.0 Å². The lowest BCUT2D eigenvalue weighted by atomic mass is 9.98. The second-order valence-corrected chi connectivity index (χ2v) is 9.87. The quantitative estimate of drug-likeness (QED) is 0.257. The molecule has 39 heavy (non-hydrogen) atoms. The second-order valence-electron chi connectivity index (χ2n) is 9.87. The Morgan fingerprint density at radius 3 is 2.59 bits per heavy atom. The van der Waals surface area contributed by atoms with Crippen LogP contribution in [0.5, 0.6) is 5.75 Å². The van der Waals surface area contributed by atoms with E-state index in [1.165, 1.54) is 6.07 Å². The maximum Gasteiger partial charge on any atom is 0.416 e. The molecule has 0 spiro atoms. The van der Waals surface area contributed by atoms with Crippen molar-refractivity contribution in [3.05, 3.63) is 77.5 Å². The molecule has 6 nitrogen and oxygen atoms in total. The highest BCUT2D eigenvalue weighted by atomic mass is 19.4. The molecule has 1 aromatic heterocycles. The van der Waals surface area contributed by atoms with Crippen LogP contribution in [0.3, 0.4) is 0 Å². The molecule has 1 aliphatic carbocycles. The summed E-state index contributed by atoms with van der Waals surface area (Å²) in [7, 11) is 1.75. The molecule has 2 N–H and O–H groups in total. The summed E-state index contributed by atoms with van der Waals surface area (Å²) in [5.74, 6) is 0.358. The summed E-state index contributed by atoms with van der Waals surface area (Å²) in [6.45, 7) is 2.33. The highest BCUT2D eigenvalue weighted by molar-refractivity contribution is 6.06. The van der Waals surface area contributed by atoms with Gasteiger partial charge in [0.2, 0.25) is 5.95 Å². The number of carbonyl (C=O) groups is 1. The third kappa shape index (κ3) is 5.97. The average Bonchev–Trinajstić information content (AvgIpc) is 3.45. The molecule has 3 aromatic carbocycles. The van der Waals surface area contributed by atoms with Gasteiger partial charge in [0.1, 0.15) is 5.75 Å². The lowest BCUT2D eigenvalue weighted by Crippen LogP contribution is -2.17. The number of nitrogens with zero attached hydrogens (tertiary/aromatic N) is 2. The molecular formula is C30H29F3N4O2. The van der Waals surface area contributed by atoms with Crippen molar-refractivity contribution in [2.24, 2.45) is 5.92 Å². The fraction of sp³-hybridized carbons (Fsp3) is 0.300. The first-order valence-electron chi connectivity index (χ1n) is 12.9. The Labute approximate surface area is 224 Å². The minimum atomic E-state index is -4.58. The van der Waals surface area contributed by atoms with E-state index in [1.54, 1.807) is 19.3 Å². The first-order chi connectivity index (χ1) is 18.7. The zero-order valence-electron chi connectivity index (χ0n) is 21.7. The molecule has 202 valence electrons. The topological polar surface area (TPSA) is 76.1 Å². The molecule has 0 aliphatic heterocycles. The molecule has 0 bridgehead atoms. The Hall–Kier alpha value is -4.14. The molecule has 0 saturated heterocycles. The van der Waals surface area contributed by atoms with Gasteiger partial charge in [-0.1, -0.05) is 25.0 Å². The summed E-state index contributed by atoms with van der Waals surface area (Å²) >= 11 is 0. The Balaban J connectivity index is 1.43. The van der Waals surface area contributed by atoms with Crippen LogP contribution in [0.2, 0.25) is 0 Å². The van der Waals surface area contributed by atoms with Crippen molar-refractivity contribution in [1.82, 2.24) is 9.97 Å². The van der Waals surface area contributed by atoms with Crippen molar-refractivity contribution in [3.63, 3.8) is 0 Å². The van der Waals surface area contributed by atoms with Crippen LogP contribution in [0.1, 0.15) is 47.2 Å². The summed E-state index contributed by atoms with van der Waals surface area (Å²) in [5, 5.41) is 6.55. The fourth-order valence-electron chi connectivity index (χ4n) is 4.92. The first-order valence-corrected chi connectivity index (χ1v) is 12.9. The van der Waals surface area contributed by atoms with Crippen molar-refractivity contribution in [2.45, 2.75) is 38.8 Å². The largest absolute Gasteiger partial charge is 0.492 e. The number of benzene rings is 3. The van der Waals surface area contributed by atoms with E-state index in [-0.39, 0.29) is 11.3 Å². The highest BCUT2D eigenvalue weighted by Crippen LogP contribution is 2.35. The number of hydrogen-bond donors (Lipinski definition) is 2. The van der Waals surface area contributed by atoms with Crippen molar-refractivity contribution in [3.8, 4) is 16.9 Å². The number of alkyl halides is 3.